The van der Waals surface area contributed by atoms with Gasteiger partial charge in [-0.15, -0.1) is 11.3 Å². The van der Waals surface area contributed by atoms with Crippen molar-refractivity contribution in [3.05, 3.63) is 56.2 Å². The van der Waals surface area contributed by atoms with Crippen molar-refractivity contribution in [3.63, 3.8) is 0 Å². The van der Waals surface area contributed by atoms with E-state index in [9.17, 15) is 4.79 Å². The normalized spacial score (nSPS) is 10.4. The van der Waals surface area contributed by atoms with Crippen LogP contribution in [0.25, 0.3) is 0 Å². The summed E-state index contributed by atoms with van der Waals surface area (Å²) in [7, 11) is 0. The molecule has 0 atom stereocenters. The number of hydrogen-bond donors (Lipinski definition) is 0. The summed E-state index contributed by atoms with van der Waals surface area (Å²) in [5.74, 6) is 0.170. The van der Waals surface area contributed by atoms with Gasteiger partial charge in [0.05, 0.1) is 0 Å². The molecule has 0 fully saturated rings. The van der Waals surface area contributed by atoms with Crippen LogP contribution in [0.15, 0.2) is 40.2 Å². The van der Waals surface area contributed by atoms with E-state index >= 15 is 0 Å². The van der Waals surface area contributed by atoms with Gasteiger partial charge in [0, 0.05) is 21.3 Å². The second-order valence-electron chi connectivity index (χ2n) is 3.64. The van der Waals surface area contributed by atoms with Gasteiger partial charge in [-0.25, -0.2) is 0 Å². The van der Waals surface area contributed by atoms with Gasteiger partial charge in [-0.3, -0.25) is 4.79 Å². The zero-order valence-electron chi connectivity index (χ0n) is 8.87. The number of halogens is 1. The van der Waals surface area contributed by atoms with Crippen LogP contribution in [0.3, 0.4) is 0 Å². The number of Topliss-reactive ketones (excluding diaryl/α,β-unsaturated/α-hetero) is 1. The first kappa shape index (κ1) is 11.6. The second-order valence-corrected chi connectivity index (χ2v) is 5.53. The van der Waals surface area contributed by atoms with Gasteiger partial charge in [0.25, 0.3) is 0 Å². The number of rotatable bonds is 3. The first-order valence-electron chi connectivity index (χ1n) is 4.98. The number of aryl methyl sites for hydroxylation is 1. The fourth-order valence-electron chi connectivity index (χ4n) is 1.44. The molecule has 0 N–H and O–H groups in total. The van der Waals surface area contributed by atoms with Gasteiger partial charge in [-0.1, -0.05) is 34.1 Å². The molecule has 1 aromatic heterocycles. The fraction of sp³-hybridized carbons (Fsp3) is 0.154. The van der Waals surface area contributed by atoms with Crippen molar-refractivity contribution in [2.24, 2.45) is 0 Å². The molecule has 82 valence electrons. The fourth-order valence-corrected chi connectivity index (χ4v) is 2.52. The molecule has 0 unspecified atom stereocenters. The average molecular weight is 295 g/mol. The van der Waals surface area contributed by atoms with E-state index < -0.39 is 0 Å². The molecule has 2 aromatic rings. The first-order valence-corrected chi connectivity index (χ1v) is 6.66. The lowest BCUT2D eigenvalue weighted by atomic mass is 10.1. The maximum Gasteiger partial charge on any atom is 0.168 e. The highest BCUT2D eigenvalue weighted by molar-refractivity contribution is 9.10. The molecule has 2 rings (SSSR count). The monoisotopic (exact) mass is 294 g/mol. The van der Waals surface area contributed by atoms with E-state index in [1.165, 1.54) is 0 Å². The van der Waals surface area contributed by atoms with Crippen LogP contribution in [0.5, 0.6) is 0 Å². The molecular formula is C13H11BrOS. The van der Waals surface area contributed by atoms with Gasteiger partial charge in [0.2, 0.25) is 0 Å². The Hall–Kier alpha value is -0.930. The topological polar surface area (TPSA) is 17.1 Å². The minimum atomic E-state index is 0.170. The summed E-state index contributed by atoms with van der Waals surface area (Å²) in [6.07, 6.45) is 0.493. The lowest BCUT2D eigenvalue weighted by Crippen LogP contribution is -2.02. The summed E-state index contributed by atoms with van der Waals surface area (Å²) in [5, 5.41) is 1.99. The van der Waals surface area contributed by atoms with E-state index in [0.29, 0.717) is 6.42 Å². The van der Waals surface area contributed by atoms with Crippen LogP contribution >= 0.6 is 27.3 Å². The number of carbonyl (C=O) groups is 1. The van der Waals surface area contributed by atoms with E-state index in [4.69, 9.17) is 0 Å². The SMILES string of the molecule is Cc1ccc(C(=O)Cc2cccs2)cc1Br. The number of hydrogen-bond acceptors (Lipinski definition) is 2. The van der Waals surface area contributed by atoms with Crippen molar-refractivity contribution < 1.29 is 4.79 Å². The molecule has 3 heteroatoms. The van der Waals surface area contributed by atoms with Crippen LogP contribution in [0.2, 0.25) is 0 Å². The van der Waals surface area contributed by atoms with Gasteiger partial charge in [-0.2, -0.15) is 0 Å². The number of ketones is 1. The Morgan fingerprint density at radius 3 is 2.81 bits per heavy atom. The molecular weight excluding hydrogens is 284 g/mol. The minimum Gasteiger partial charge on any atom is -0.294 e. The summed E-state index contributed by atoms with van der Waals surface area (Å²) in [6, 6.07) is 9.71. The Bertz CT molecular complexity index is 503. The molecule has 0 aliphatic rings. The third-order valence-electron chi connectivity index (χ3n) is 2.41. The molecule has 16 heavy (non-hydrogen) atoms. The van der Waals surface area contributed by atoms with Crippen LogP contribution in [-0.2, 0) is 6.42 Å². The maximum atomic E-state index is 12.0. The van der Waals surface area contributed by atoms with Crippen LogP contribution in [0, 0.1) is 6.92 Å². The Balaban J connectivity index is 2.18. The molecule has 1 aromatic carbocycles. The summed E-state index contributed by atoms with van der Waals surface area (Å²) in [6.45, 7) is 2.01. The minimum absolute atomic E-state index is 0.170. The van der Waals surface area contributed by atoms with Crippen molar-refractivity contribution in [1.29, 1.82) is 0 Å². The zero-order valence-corrected chi connectivity index (χ0v) is 11.3. The van der Waals surface area contributed by atoms with E-state index in [2.05, 4.69) is 15.9 Å². The predicted octanol–water partition coefficient (Wildman–Crippen LogP) is 4.24. The molecule has 0 amide bonds. The lowest BCUT2D eigenvalue weighted by Gasteiger charge is -2.02. The highest BCUT2D eigenvalue weighted by Gasteiger charge is 2.08. The van der Waals surface area contributed by atoms with Gasteiger partial charge in [0.15, 0.2) is 5.78 Å². The lowest BCUT2D eigenvalue weighted by molar-refractivity contribution is 0.0994. The summed E-state index contributed by atoms with van der Waals surface area (Å²) in [5.41, 5.74) is 1.92. The number of benzene rings is 1. The average Bonchev–Trinajstić information content (AvgIpc) is 2.74. The third-order valence-corrected chi connectivity index (χ3v) is 4.14. The van der Waals surface area contributed by atoms with Crippen molar-refractivity contribution in [2.75, 3.05) is 0 Å². The third kappa shape index (κ3) is 2.60. The van der Waals surface area contributed by atoms with Gasteiger partial charge in [0.1, 0.15) is 0 Å². The van der Waals surface area contributed by atoms with E-state index in [0.717, 1.165) is 20.5 Å². The van der Waals surface area contributed by atoms with Gasteiger partial charge < -0.3 is 0 Å². The van der Waals surface area contributed by atoms with Gasteiger partial charge in [-0.05, 0) is 30.0 Å². The number of thiophene rings is 1. The van der Waals surface area contributed by atoms with E-state index in [-0.39, 0.29) is 5.78 Å². The van der Waals surface area contributed by atoms with Crippen molar-refractivity contribution in [1.82, 2.24) is 0 Å². The molecule has 0 bridgehead atoms. The first-order chi connectivity index (χ1) is 7.66. The van der Waals surface area contributed by atoms with Gasteiger partial charge >= 0.3 is 0 Å². The highest BCUT2D eigenvalue weighted by atomic mass is 79.9. The molecule has 0 aliphatic heterocycles. The number of carbonyl (C=O) groups excluding carboxylic acids is 1. The predicted molar refractivity (Wildman–Crippen MR) is 71.2 cm³/mol. The summed E-state index contributed by atoms with van der Waals surface area (Å²) in [4.78, 5) is 13.1. The Morgan fingerprint density at radius 2 is 2.19 bits per heavy atom. The van der Waals surface area contributed by atoms with Crippen LogP contribution < -0.4 is 0 Å². The molecule has 0 radical (unpaired) electrons. The van der Waals surface area contributed by atoms with Crippen molar-refractivity contribution >= 4 is 33.0 Å². The highest BCUT2D eigenvalue weighted by Crippen LogP contribution is 2.19. The largest absolute Gasteiger partial charge is 0.294 e. The summed E-state index contributed by atoms with van der Waals surface area (Å²) < 4.78 is 0.990. The zero-order chi connectivity index (χ0) is 11.5. The smallest absolute Gasteiger partial charge is 0.168 e. The van der Waals surface area contributed by atoms with E-state index in [1.807, 2.05) is 42.6 Å². The second kappa shape index (κ2) is 4.93. The molecule has 0 saturated heterocycles. The quantitative estimate of drug-likeness (QED) is 0.774. The molecule has 0 saturated carbocycles. The standard InChI is InChI=1S/C13H11BrOS/c1-9-4-5-10(7-12(9)14)13(15)8-11-3-2-6-16-11/h2-7H,8H2,1H3. The molecule has 0 spiro atoms. The van der Waals surface area contributed by atoms with Crippen molar-refractivity contribution in [2.45, 2.75) is 13.3 Å². The van der Waals surface area contributed by atoms with E-state index in [1.54, 1.807) is 11.3 Å². The Kier molecular flexibility index (Phi) is 3.56. The Morgan fingerprint density at radius 1 is 1.38 bits per heavy atom. The van der Waals surface area contributed by atoms with Crippen LogP contribution in [-0.4, -0.2) is 5.78 Å². The van der Waals surface area contributed by atoms with Crippen molar-refractivity contribution in [3.8, 4) is 0 Å². The van der Waals surface area contributed by atoms with Crippen LogP contribution in [0.1, 0.15) is 20.8 Å². The molecule has 1 heterocycles. The maximum absolute atomic E-state index is 12.0. The molecule has 0 aliphatic carbocycles. The van der Waals surface area contributed by atoms with Crippen LogP contribution in [0.4, 0.5) is 0 Å². The summed E-state index contributed by atoms with van der Waals surface area (Å²) >= 11 is 5.06. The Labute approximate surface area is 107 Å². The molecule has 1 nitrogen and oxygen atoms in total.